The van der Waals surface area contributed by atoms with Crippen molar-refractivity contribution in [1.82, 2.24) is 0 Å². The van der Waals surface area contributed by atoms with Gasteiger partial charge in [-0.1, -0.05) is 64.5 Å². The number of aliphatic hydroxyl groups is 1. The first-order valence-electron chi connectivity index (χ1n) is 5.79. The van der Waals surface area contributed by atoms with Crippen LogP contribution >= 0.6 is 0 Å². The molecule has 0 aliphatic carbocycles. The van der Waals surface area contributed by atoms with Gasteiger partial charge in [-0.05, 0) is 12.0 Å². The maximum Gasteiger partial charge on any atom is 0.0605 e. The summed E-state index contributed by atoms with van der Waals surface area (Å²) < 4.78 is 0. The van der Waals surface area contributed by atoms with Crippen molar-refractivity contribution in [3.63, 3.8) is 0 Å². The van der Waals surface area contributed by atoms with Crippen LogP contribution < -0.4 is 0 Å². The van der Waals surface area contributed by atoms with Gasteiger partial charge >= 0.3 is 0 Å². The molecule has 0 bridgehead atoms. The van der Waals surface area contributed by atoms with Crippen LogP contribution in [0.1, 0.15) is 39.5 Å². The third kappa shape index (κ3) is 6.29. The molecule has 86 valence electrons. The smallest absolute Gasteiger partial charge is 0.0605 e. The van der Waals surface area contributed by atoms with Crippen molar-refractivity contribution >= 4 is 0 Å². The van der Waals surface area contributed by atoms with E-state index in [1.54, 1.807) is 6.08 Å². The highest BCUT2D eigenvalue weighted by molar-refractivity contribution is 5.21. The zero-order valence-electron chi connectivity index (χ0n) is 10.1. The lowest BCUT2D eigenvalue weighted by atomic mass is 9.92. The monoisotopic (exact) mass is 208 g/mol. The van der Waals surface area contributed by atoms with Crippen molar-refractivity contribution in [2.24, 2.45) is 5.92 Å². The van der Waals surface area contributed by atoms with E-state index >= 15 is 0 Å². The number of hydrogen-bond acceptors (Lipinski definition) is 1. The summed E-state index contributed by atoms with van der Waals surface area (Å²) in [6, 6.07) is 0. The molecule has 0 aromatic rings. The molecule has 0 spiro atoms. The molecule has 15 heavy (non-hydrogen) atoms. The summed E-state index contributed by atoms with van der Waals surface area (Å²) in [5.41, 5.74) is 0.971. The van der Waals surface area contributed by atoms with Crippen LogP contribution in [0, 0.1) is 5.92 Å². The van der Waals surface area contributed by atoms with Crippen molar-refractivity contribution in [1.29, 1.82) is 0 Å². The molecule has 0 aliphatic heterocycles. The minimum absolute atomic E-state index is 0.137. The van der Waals surface area contributed by atoms with Gasteiger partial charge in [0, 0.05) is 5.92 Å². The maximum atomic E-state index is 9.89. The molecule has 0 aromatic carbocycles. The van der Waals surface area contributed by atoms with E-state index in [4.69, 9.17) is 0 Å². The number of hydrogen-bond donors (Lipinski definition) is 1. The van der Waals surface area contributed by atoms with Crippen LogP contribution in [0.5, 0.6) is 0 Å². The van der Waals surface area contributed by atoms with Gasteiger partial charge in [0.15, 0.2) is 0 Å². The largest absolute Gasteiger partial charge is 0.393 e. The second kappa shape index (κ2) is 8.49. The molecule has 0 amide bonds. The Balaban J connectivity index is 3.95. The molecule has 1 heteroatoms. The van der Waals surface area contributed by atoms with Crippen molar-refractivity contribution in [3.8, 4) is 0 Å². The Bertz CT molecular complexity index is 215. The average molecular weight is 208 g/mol. The fourth-order valence-corrected chi connectivity index (χ4v) is 1.44. The first kappa shape index (κ1) is 14.2. The van der Waals surface area contributed by atoms with E-state index in [1.165, 1.54) is 12.8 Å². The standard InChI is InChI=1S/C14H24O/c1-5-7-9-11-14(15)13(4)12(3)10-8-6-2/h6,8,10,13-15H,2-3,5,7,9,11H2,1,4H3/b10-8-/t13-,14-/m0/s1. The van der Waals surface area contributed by atoms with Crippen molar-refractivity contribution in [2.75, 3.05) is 0 Å². The molecule has 2 atom stereocenters. The highest BCUT2D eigenvalue weighted by Crippen LogP contribution is 2.19. The highest BCUT2D eigenvalue weighted by atomic mass is 16.3. The molecule has 0 saturated carbocycles. The minimum atomic E-state index is -0.265. The van der Waals surface area contributed by atoms with Crippen LogP contribution in [0.15, 0.2) is 37.0 Å². The number of rotatable bonds is 8. The number of aliphatic hydroxyl groups excluding tert-OH is 1. The third-order valence-corrected chi connectivity index (χ3v) is 2.71. The maximum absolute atomic E-state index is 9.89. The van der Waals surface area contributed by atoms with Gasteiger partial charge in [-0.15, -0.1) is 0 Å². The van der Waals surface area contributed by atoms with E-state index < -0.39 is 0 Å². The zero-order valence-corrected chi connectivity index (χ0v) is 10.1. The van der Waals surface area contributed by atoms with Crippen molar-refractivity contribution in [2.45, 2.75) is 45.6 Å². The second-order valence-corrected chi connectivity index (χ2v) is 4.02. The van der Waals surface area contributed by atoms with Gasteiger partial charge < -0.3 is 5.11 Å². The Hall–Kier alpha value is -0.820. The Kier molecular flexibility index (Phi) is 8.02. The summed E-state index contributed by atoms with van der Waals surface area (Å²) in [5, 5.41) is 9.89. The van der Waals surface area contributed by atoms with E-state index in [0.717, 1.165) is 18.4 Å². The first-order chi connectivity index (χ1) is 7.13. The van der Waals surface area contributed by atoms with Crippen molar-refractivity contribution in [3.05, 3.63) is 37.0 Å². The molecule has 0 aliphatic rings. The molecule has 0 fully saturated rings. The molecule has 0 aromatic heterocycles. The third-order valence-electron chi connectivity index (χ3n) is 2.71. The normalized spacial score (nSPS) is 15.1. The number of allylic oxidation sites excluding steroid dienone is 3. The topological polar surface area (TPSA) is 20.2 Å². The molecule has 0 unspecified atom stereocenters. The molecule has 0 heterocycles. The van der Waals surface area contributed by atoms with Crippen LogP contribution in [0.2, 0.25) is 0 Å². The molecular formula is C14H24O. The van der Waals surface area contributed by atoms with Crippen LogP contribution in [-0.2, 0) is 0 Å². The highest BCUT2D eigenvalue weighted by Gasteiger charge is 2.14. The molecule has 1 nitrogen and oxygen atoms in total. The Labute approximate surface area is 94.2 Å². The van der Waals surface area contributed by atoms with Crippen LogP contribution in [0.25, 0.3) is 0 Å². The fraction of sp³-hybridized carbons (Fsp3) is 0.571. The summed E-state index contributed by atoms with van der Waals surface area (Å²) in [4.78, 5) is 0. The Morgan fingerprint density at radius 3 is 2.60 bits per heavy atom. The van der Waals surface area contributed by atoms with E-state index in [2.05, 4.69) is 20.1 Å². The van der Waals surface area contributed by atoms with Crippen LogP contribution in [0.4, 0.5) is 0 Å². The molecule has 0 saturated heterocycles. The first-order valence-corrected chi connectivity index (χ1v) is 5.79. The summed E-state index contributed by atoms with van der Waals surface area (Å²) in [7, 11) is 0. The summed E-state index contributed by atoms with van der Waals surface area (Å²) in [5.74, 6) is 0.137. The van der Waals surface area contributed by atoms with Gasteiger partial charge in [0.2, 0.25) is 0 Å². The molecule has 0 rings (SSSR count). The lowest BCUT2D eigenvalue weighted by molar-refractivity contribution is 0.122. The Morgan fingerprint density at radius 1 is 1.40 bits per heavy atom. The van der Waals surface area contributed by atoms with Crippen LogP contribution in [0.3, 0.4) is 0 Å². The zero-order chi connectivity index (χ0) is 11.7. The second-order valence-electron chi connectivity index (χ2n) is 4.02. The van der Waals surface area contributed by atoms with E-state index in [0.29, 0.717) is 0 Å². The summed E-state index contributed by atoms with van der Waals surface area (Å²) >= 11 is 0. The Morgan fingerprint density at radius 2 is 2.07 bits per heavy atom. The summed E-state index contributed by atoms with van der Waals surface area (Å²) in [6.07, 6.45) is 9.59. The van der Waals surface area contributed by atoms with Gasteiger partial charge in [-0.3, -0.25) is 0 Å². The average Bonchev–Trinajstić information content (AvgIpc) is 2.24. The van der Waals surface area contributed by atoms with Gasteiger partial charge in [-0.25, -0.2) is 0 Å². The SMILES string of the molecule is C=C/C=C\C(=C)[C@H](C)[C@@H](O)CCCCC. The molecule has 0 radical (unpaired) electrons. The van der Waals surface area contributed by atoms with Crippen LogP contribution in [-0.4, -0.2) is 11.2 Å². The fourth-order valence-electron chi connectivity index (χ4n) is 1.44. The van der Waals surface area contributed by atoms with E-state index in [-0.39, 0.29) is 12.0 Å². The summed E-state index contributed by atoms with van der Waals surface area (Å²) in [6.45, 7) is 11.7. The lowest BCUT2D eigenvalue weighted by Crippen LogP contribution is -2.18. The van der Waals surface area contributed by atoms with Gasteiger partial charge in [0.05, 0.1) is 6.10 Å². The lowest BCUT2D eigenvalue weighted by Gasteiger charge is -2.19. The predicted molar refractivity (Wildman–Crippen MR) is 67.8 cm³/mol. The predicted octanol–water partition coefficient (Wildman–Crippen LogP) is 3.86. The quantitative estimate of drug-likeness (QED) is 0.474. The van der Waals surface area contributed by atoms with Gasteiger partial charge in [0.25, 0.3) is 0 Å². The number of unbranched alkanes of at least 4 members (excludes halogenated alkanes) is 2. The van der Waals surface area contributed by atoms with Gasteiger partial charge in [0.1, 0.15) is 0 Å². The molecule has 1 N–H and O–H groups in total. The van der Waals surface area contributed by atoms with Gasteiger partial charge in [-0.2, -0.15) is 0 Å². The van der Waals surface area contributed by atoms with Crippen molar-refractivity contribution < 1.29 is 5.11 Å². The van der Waals surface area contributed by atoms with E-state index in [9.17, 15) is 5.11 Å². The minimum Gasteiger partial charge on any atom is -0.393 e. The van der Waals surface area contributed by atoms with E-state index in [1.807, 2.05) is 19.1 Å². The molecular weight excluding hydrogens is 184 g/mol.